The smallest absolute Gasteiger partial charge is 0.253 e. The lowest BCUT2D eigenvalue weighted by atomic mass is 9.84. The van der Waals surface area contributed by atoms with Gasteiger partial charge in [0.05, 0.1) is 10.6 Å². The molecule has 1 aromatic rings. The number of amides is 2. The molecule has 4 nitrogen and oxygen atoms in total. The molecular formula is C20H28Cl2N2O2S. The van der Waals surface area contributed by atoms with Gasteiger partial charge < -0.3 is 10.6 Å². The normalized spacial score (nSPS) is 20.7. The van der Waals surface area contributed by atoms with E-state index in [1.54, 1.807) is 23.9 Å². The van der Waals surface area contributed by atoms with Gasteiger partial charge in [-0.15, -0.1) is 0 Å². The van der Waals surface area contributed by atoms with Crippen molar-refractivity contribution < 1.29 is 9.59 Å². The first-order valence-corrected chi connectivity index (χ1v) is 11.6. The lowest BCUT2D eigenvalue weighted by Crippen LogP contribution is -2.50. The summed E-state index contributed by atoms with van der Waals surface area (Å²) in [6, 6.07) is 4.36. The van der Waals surface area contributed by atoms with E-state index in [4.69, 9.17) is 23.2 Å². The molecule has 1 atom stereocenters. The molecule has 2 amide bonds. The summed E-state index contributed by atoms with van der Waals surface area (Å²) in [7, 11) is 0. The first kappa shape index (κ1) is 22.4. The van der Waals surface area contributed by atoms with E-state index in [0.717, 1.165) is 37.4 Å². The summed E-state index contributed by atoms with van der Waals surface area (Å²) in [5.41, 5.74) is 0.325. The average molecular weight is 431 g/mol. The zero-order chi connectivity index (χ0) is 19.8. The van der Waals surface area contributed by atoms with Gasteiger partial charge in [-0.25, -0.2) is 0 Å². The molecule has 1 aliphatic carbocycles. The molecule has 2 N–H and O–H groups in total. The Labute approximate surface area is 176 Å². The highest BCUT2D eigenvalue weighted by Gasteiger charge is 2.26. The van der Waals surface area contributed by atoms with E-state index >= 15 is 0 Å². The molecule has 0 aliphatic heterocycles. The second-order valence-corrected chi connectivity index (χ2v) is 8.90. The van der Waals surface area contributed by atoms with Crippen molar-refractivity contribution in [2.45, 2.75) is 57.5 Å². The Morgan fingerprint density at radius 1 is 1.22 bits per heavy atom. The summed E-state index contributed by atoms with van der Waals surface area (Å²) in [6.07, 6.45) is 8.10. The fourth-order valence-corrected chi connectivity index (χ4v) is 4.40. The molecule has 0 aromatic heterocycles. The van der Waals surface area contributed by atoms with E-state index in [1.807, 2.05) is 6.26 Å². The van der Waals surface area contributed by atoms with Crippen LogP contribution in [0.3, 0.4) is 0 Å². The Morgan fingerprint density at radius 3 is 2.52 bits per heavy atom. The number of carbonyl (C=O) groups excluding carboxylic acids is 2. The van der Waals surface area contributed by atoms with Gasteiger partial charge in [0.1, 0.15) is 6.04 Å². The molecule has 1 fully saturated rings. The second kappa shape index (κ2) is 11.2. The van der Waals surface area contributed by atoms with Crippen molar-refractivity contribution in [1.29, 1.82) is 0 Å². The van der Waals surface area contributed by atoms with Gasteiger partial charge in [0.25, 0.3) is 5.91 Å². The number of halogens is 2. The number of benzene rings is 1. The van der Waals surface area contributed by atoms with E-state index < -0.39 is 6.04 Å². The molecule has 1 saturated carbocycles. The second-order valence-electron chi connectivity index (χ2n) is 7.07. The fourth-order valence-electron chi connectivity index (χ4n) is 3.43. The maximum atomic E-state index is 12.8. The number of thioether (sulfide) groups is 1. The van der Waals surface area contributed by atoms with Crippen LogP contribution in [-0.4, -0.2) is 35.9 Å². The molecule has 0 spiro atoms. The van der Waals surface area contributed by atoms with Crippen molar-refractivity contribution in [2.75, 3.05) is 12.0 Å². The Kier molecular flexibility index (Phi) is 9.27. The van der Waals surface area contributed by atoms with Crippen molar-refractivity contribution >= 4 is 46.8 Å². The molecule has 27 heavy (non-hydrogen) atoms. The summed E-state index contributed by atoms with van der Waals surface area (Å²) in [5.74, 6) is 1.10. The third-order valence-corrected chi connectivity index (χ3v) is 6.37. The molecule has 2 rings (SSSR count). The van der Waals surface area contributed by atoms with Gasteiger partial charge in [0, 0.05) is 11.1 Å². The summed E-state index contributed by atoms with van der Waals surface area (Å²) in [4.78, 5) is 25.4. The number of hydrogen-bond donors (Lipinski definition) is 2. The van der Waals surface area contributed by atoms with E-state index in [2.05, 4.69) is 17.6 Å². The average Bonchev–Trinajstić information content (AvgIpc) is 2.65. The highest BCUT2D eigenvalue weighted by molar-refractivity contribution is 7.98. The van der Waals surface area contributed by atoms with Crippen LogP contribution in [0.15, 0.2) is 18.2 Å². The van der Waals surface area contributed by atoms with E-state index in [9.17, 15) is 9.59 Å². The largest absolute Gasteiger partial charge is 0.352 e. The van der Waals surface area contributed by atoms with Crippen LogP contribution in [0.25, 0.3) is 0 Å². The monoisotopic (exact) mass is 430 g/mol. The topological polar surface area (TPSA) is 58.2 Å². The predicted octanol–water partition coefficient (Wildman–Crippen LogP) is 4.93. The molecule has 1 aromatic carbocycles. The van der Waals surface area contributed by atoms with Gasteiger partial charge >= 0.3 is 0 Å². The van der Waals surface area contributed by atoms with Crippen LogP contribution in [0.2, 0.25) is 10.0 Å². The van der Waals surface area contributed by atoms with Gasteiger partial charge in [-0.3, -0.25) is 9.59 Å². The van der Waals surface area contributed by atoms with Crippen LogP contribution in [0.4, 0.5) is 0 Å². The first-order chi connectivity index (χ1) is 12.9. The highest BCUT2D eigenvalue weighted by Crippen LogP contribution is 2.26. The third-order valence-electron chi connectivity index (χ3n) is 5.18. The van der Waals surface area contributed by atoms with Crippen LogP contribution in [-0.2, 0) is 4.79 Å². The van der Waals surface area contributed by atoms with Crippen molar-refractivity contribution in [3.63, 3.8) is 0 Å². The minimum Gasteiger partial charge on any atom is -0.352 e. The van der Waals surface area contributed by atoms with Crippen LogP contribution >= 0.6 is 35.0 Å². The van der Waals surface area contributed by atoms with Crippen LogP contribution in [0, 0.1) is 5.92 Å². The molecule has 0 bridgehead atoms. The molecule has 7 heteroatoms. The molecule has 150 valence electrons. The minimum atomic E-state index is -0.569. The number of hydrogen-bond acceptors (Lipinski definition) is 3. The number of rotatable bonds is 8. The summed E-state index contributed by atoms with van der Waals surface area (Å²) in [6.45, 7) is 2.22. The minimum absolute atomic E-state index is 0.109. The van der Waals surface area contributed by atoms with Crippen LogP contribution < -0.4 is 10.6 Å². The zero-order valence-electron chi connectivity index (χ0n) is 15.9. The Balaban J connectivity index is 1.98. The van der Waals surface area contributed by atoms with Gasteiger partial charge in [0.15, 0.2) is 0 Å². The standard InChI is InChI=1S/C20H28Cl2N2O2S/c1-3-13-4-7-15(8-5-13)23-20(26)18(10-11-27-2)24-19(25)16-9-6-14(21)12-17(16)22/h6,9,12-13,15,18H,3-5,7-8,10-11H2,1-2H3,(H,23,26)(H,24,25). The first-order valence-electron chi connectivity index (χ1n) is 9.49. The lowest BCUT2D eigenvalue weighted by molar-refractivity contribution is -0.124. The highest BCUT2D eigenvalue weighted by atomic mass is 35.5. The van der Waals surface area contributed by atoms with Crippen molar-refractivity contribution in [1.82, 2.24) is 10.6 Å². The van der Waals surface area contributed by atoms with Crippen molar-refractivity contribution in [3.05, 3.63) is 33.8 Å². The lowest BCUT2D eigenvalue weighted by Gasteiger charge is -2.30. The summed E-state index contributed by atoms with van der Waals surface area (Å²) < 4.78 is 0. The van der Waals surface area contributed by atoms with Gasteiger partial charge in [0.2, 0.25) is 5.91 Å². The third kappa shape index (κ3) is 6.88. The summed E-state index contributed by atoms with van der Waals surface area (Å²) >= 11 is 13.7. The van der Waals surface area contributed by atoms with Crippen LogP contribution in [0.1, 0.15) is 55.8 Å². The Morgan fingerprint density at radius 2 is 1.93 bits per heavy atom. The van der Waals surface area contributed by atoms with Crippen molar-refractivity contribution in [3.8, 4) is 0 Å². The number of carbonyl (C=O) groups is 2. The molecule has 1 aliphatic rings. The molecule has 0 heterocycles. The molecule has 1 unspecified atom stereocenters. The van der Waals surface area contributed by atoms with Crippen LogP contribution in [0.5, 0.6) is 0 Å². The predicted molar refractivity (Wildman–Crippen MR) is 115 cm³/mol. The SMILES string of the molecule is CCC1CCC(NC(=O)C(CCSC)NC(=O)c2ccc(Cl)cc2Cl)CC1. The van der Waals surface area contributed by atoms with E-state index in [0.29, 0.717) is 17.0 Å². The van der Waals surface area contributed by atoms with Gasteiger partial charge in [-0.05, 0) is 68.2 Å². The van der Waals surface area contributed by atoms with Crippen molar-refractivity contribution in [2.24, 2.45) is 5.92 Å². The Bertz CT molecular complexity index is 649. The zero-order valence-corrected chi connectivity index (χ0v) is 18.2. The maximum absolute atomic E-state index is 12.8. The fraction of sp³-hybridized carbons (Fsp3) is 0.600. The Hall–Kier alpha value is -0.910. The molecule has 0 saturated heterocycles. The van der Waals surface area contributed by atoms with Gasteiger partial charge in [-0.1, -0.05) is 36.5 Å². The summed E-state index contributed by atoms with van der Waals surface area (Å²) in [5, 5.41) is 6.73. The van der Waals surface area contributed by atoms with E-state index in [-0.39, 0.29) is 22.9 Å². The quantitative estimate of drug-likeness (QED) is 0.614. The number of nitrogens with one attached hydrogen (secondary N) is 2. The molecule has 0 radical (unpaired) electrons. The molecular weight excluding hydrogens is 403 g/mol. The van der Waals surface area contributed by atoms with Gasteiger partial charge in [-0.2, -0.15) is 11.8 Å². The maximum Gasteiger partial charge on any atom is 0.253 e. The van der Waals surface area contributed by atoms with E-state index in [1.165, 1.54) is 12.5 Å².